The molecule has 2 aromatic rings. The Morgan fingerprint density at radius 3 is 2.60 bits per heavy atom. The Bertz CT molecular complexity index is 647. The second-order valence-corrected chi connectivity index (χ2v) is 3.92. The fraction of sp³-hybridized carbons (Fsp3) is 0.143. The van der Waals surface area contributed by atoms with Gasteiger partial charge in [0.25, 0.3) is 0 Å². The summed E-state index contributed by atoms with van der Waals surface area (Å²) in [6.07, 6.45) is -4.58. The number of aromatic nitrogens is 1. The zero-order valence-electron chi connectivity index (χ0n) is 10.2. The van der Waals surface area contributed by atoms with Gasteiger partial charge in [-0.25, -0.2) is 0 Å². The van der Waals surface area contributed by atoms with E-state index in [1.165, 1.54) is 18.2 Å². The summed E-state index contributed by atoms with van der Waals surface area (Å²) in [7, 11) is 0. The molecule has 0 unspecified atom stereocenters. The van der Waals surface area contributed by atoms with Gasteiger partial charge in [-0.1, -0.05) is 18.2 Å². The summed E-state index contributed by atoms with van der Waals surface area (Å²) in [5.74, 6) is -0.303. The Morgan fingerprint density at radius 1 is 1.15 bits per heavy atom. The molecule has 6 heteroatoms. The summed E-state index contributed by atoms with van der Waals surface area (Å²) in [6, 6.07) is 12.6. The summed E-state index contributed by atoms with van der Waals surface area (Å²) in [6.45, 7) is 0. The van der Waals surface area contributed by atoms with Gasteiger partial charge in [0.15, 0.2) is 0 Å². The number of nitrogens with zero attached hydrogens (tertiary/aromatic N) is 2. The van der Waals surface area contributed by atoms with Crippen molar-refractivity contribution in [3.8, 4) is 23.1 Å². The van der Waals surface area contributed by atoms with Gasteiger partial charge in [-0.3, -0.25) is 4.98 Å². The van der Waals surface area contributed by atoms with E-state index in [0.717, 1.165) is 0 Å². The first-order valence-corrected chi connectivity index (χ1v) is 5.67. The number of rotatable bonds is 3. The molecule has 0 N–H and O–H groups in total. The zero-order chi connectivity index (χ0) is 14.6. The lowest BCUT2D eigenvalue weighted by molar-refractivity contribution is -0.274. The Labute approximate surface area is 113 Å². The smallest absolute Gasteiger partial charge is 0.406 e. The minimum absolute atomic E-state index is 0.145. The van der Waals surface area contributed by atoms with Crippen LogP contribution in [-0.2, 0) is 6.42 Å². The normalized spacial score (nSPS) is 10.9. The molecule has 2 rings (SSSR count). The van der Waals surface area contributed by atoms with Crippen LogP contribution in [0.15, 0.2) is 42.5 Å². The van der Waals surface area contributed by atoms with E-state index in [-0.39, 0.29) is 12.2 Å². The van der Waals surface area contributed by atoms with Crippen molar-refractivity contribution in [2.45, 2.75) is 12.8 Å². The molecule has 20 heavy (non-hydrogen) atoms. The van der Waals surface area contributed by atoms with Crippen LogP contribution in [-0.4, -0.2) is 11.3 Å². The Hall–Kier alpha value is -2.55. The summed E-state index contributed by atoms with van der Waals surface area (Å²) in [5, 5.41) is 8.62. The van der Waals surface area contributed by atoms with Crippen molar-refractivity contribution in [1.29, 1.82) is 5.26 Å². The molecule has 1 heterocycles. The third-order valence-electron chi connectivity index (χ3n) is 2.43. The average molecular weight is 278 g/mol. The van der Waals surface area contributed by atoms with Gasteiger partial charge in [-0.15, -0.1) is 13.2 Å². The van der Waals surface area contributed by atoms with Crippen molar-refractivity contribution >= 4 is 0 Å². The minimum Gasteiger partial charge on any atom is -0.406 e. The quantitative estimate of drug-likeness (QED) is 0.859. The van der Waals surface area contributed by atoms with Crippen molar-refractivity contribution in [1.82, 2.24) is 4.98 Å². The maximum absolute atomic E-state index is 12.2. The number of alkyl halides is 3. The molecular weight excluding hydrogens is 269 g/mol. The van der Waals surface area contributed by atoms with Gasteiger partial charge in [0.05, 0.1) is 23.9 Å². The van der Waals surface area contributed by atoms with E-state index in [2.05, 4.69) is 9.72 Å². The van der Waals surface area contributed by atoms with Gasteiger partial charge < -0.3 is 4.74 Å². The largest absolute Gasteiger partial charge is 0.573 e. The van der Waals surface area contributed by atoms with Crippen LogP contribution < -0.4 is 4.74 Å². The lowest BCUT2D eigenvalue weighted by atomic mass is 10.1. The molecule has 1 aromatic carbocycles. The van der Waals surface area contributed by atoms with Gasteiger partial charge in [-0.05, 0) is 24.3 Å². The fourth-order valence-electron chi connectivity index (χ4n) is 1.67. The van der Waals surface area contributed by atoms with Crippen molar-refractivity contribution in [2.75, 3.05) is 0 Å². The monoisotopic (exact) mass is 278 g/mol. The highest BCUT2D eigenvalue weighted by Crippen LogP contribution is 2.27. The average Bonchev–Trinajstić information content (AvgIpc) is 2.38. The van der Waals surface area contributed by atoms with Crippen LogP contribution in [0.25, 0.3) is 11.3 Å². The Kier molecular flexibility index (Phi) is 3.89. The third kappa shape index (κ3) is 3.72. The maximum Gasteiger partial charge on any atom is 0.573 e. The first-order valence-electron chi connectivity index (χ1n) is 5.67. The van der Waals surface area contributed by atoms with E-state index in [9.17, 15) is 13.2 Å². The molecule has 0 bridgehead atoms. The first kappa shape index (κ1) is 13.9. The molecule has 1 aromatic heterocycles. The van der Waals surface area contributed by atoms with Crippen molar-refractivity contribution < 1.29 is 17.9 Å². The molecule has 0 spiro atoms. The van der Waals surface area contributed by atoms with Gasteiger partial charge in [0, 0.05) is 5.56 Å². The molecule has 0 aliphatic rings. The SMILES string of the molecule is N#CCc1cccc(-c2cccc(OC(F)(F)F)c2)n1. The molecular formula is C14H9F3N2O. The van der Waals surface area contributed by atoms with Crippen LogP contribution >= 0.6 is 0 Å². The molecule has 102 valence electrons. The van der Waals surface area contributed by atoms with Gasteiger partial charge >= 0.3 is 6.36 Å². The first-order chi connectivity index (χ1) is 9.48. The maximum atomic E-state index is 12.2. The second kappa shape index (κ2) is 5.61. The van der Waals surface area contributed by atoms with E-state index in [1.807, 2.05) is 6.07 Å². The number of pyridine rings is 1. The van der Waals surface area contributed by atoms with Crippen LogP contribution in [0.1, 0.15) is 5.69 Å². The number of nitriles is 1. The molecule has 0 amide bonds. The number of hydrogen-bond donors (Lipinski definition) is 0. The van der Waals surface area contributed by atoms with Crippen LogP contribution in [0.5, 0.6) is 5.75 Å². The van der Waals surface area contributed by atoms with Crippen molar-refractivity contribution in [3.63, 3.8) is 0 Å². The Morgan fingerprint density at radius 2 is 1.90 bits per heavy atom. The van der Waals surface area contributed by atoms with E-state index in [4.69, 9.17) is 5.26 Å². The minimum atomic E-state index is -4.73. The van der Waals surface area contributed by atoms with Crippen LogP contribution in [0, 0.1) is 11.3 Å². The van der Waals surface area contributed by atoms with Crippen LogP contribution in [0.2, 0.25) is 0 Å². The van der Waals surface area contributed by atoms with Gasteiger partial charge in [0.2, 0.25) is 0 Å². The molecule has 0 saturated heterocycles. The molecule has 0 atom stereocenters. The van der Waals surface area contributed by atoms with Crippen molar-refractivity contribution in [3.05, 3.63) is 48.2 Å². The van der Waals surface area contributed by atoms with E-state index >= 15 is 0 Å². The number of hydrogen-bond acceptors (Lipinski definition) is 3. The number of ether oxygens (including phenoxy) is 1. The van der Waals surface area contributed by atoms with E-state index in [1.54, 1.807) is 24.3 Å². The third-order valence-corrected chi connectivity index (χ3v) is 2.43. The topological polar surface area (TPSA) is 45.9 Å². The summed E-state index contributed by atoms with van der Waals surface area (Å²) in [4.78, 5) is 4.21. The van der Waals surface area contributed by atoms with Gasteiger partial charge in [0.1, 0.15) is 5.75 Å². The molecule has 0 saturated carbocycles. The second-order valence-electron chi connectivity index (χ2n) is 3.92. The summed E-state index contributed by atoms with van der Waals surface area (Å²) < 4.78 is 40.4. The fourth-order valence-corrected chi connectivity index (χ4v) is 1.67. The predicted octanol–water partition coefficient (Wildman–Crippen LogP) is 3.71. The summed E-state index contributed by atoms with van der Waals surface area (Å²) in [5.41, 5.74) is 1.55. The van der Waals surface area contributed by atoms with E-state index < -0.39 is 6.36 Å². The lowest BCUT2D eigenvalue weighted by Gasteiger charge is -2.10. The van der Waals surface area contributed by atoms with Crippen LogP contribution in [0.4, 0.5) is 13.2 Å². The molecule has 3 nitrogen and oxygen atoms in total. The number of benzene rings is 1. The number of halogens is 3. The van der Waals surface area contributed by atoms with Gasteiger partial charge in [-0.2, -0.15) is 5.26 Å². The Balaban J connectivity index is 2.31. The molecule has 0 radical (unpaired) electrons. The van der Waals surface area contributed by atoms with Crippen LogP contribution in [0.3, 0.4) is 0 Å². The highest BCUT2D eigenvalue weighted by Gasteiger charge is 2.31. The lowest BCUT2D eigenvalue weighted by Crippen LogP contribution is -2.17. The highest BCUT2D eigenvalue weighted by molar-refractivity contribution is 5.61. The molecule has 0 aliphatic heterocycles. The van der Waals surface area contributed by atoms with Crippen molar-refractivity contribution in [2.24, 2.45) is 0 Å². The zero-order valence-corrected chi connectivity index (χ0v) is 10.2. The molecule has 0 aliphatic carbocycles. The summed E-state index contributed by atoms with van der Waals surface area (Å²) >= 11 is 0. The standard InChI is InChI=1S/C14H9F3N2O/c15-14(16,17)20-12-5-1-3-10(9-12)13-6-2-4-11(19-13)7-8-18/h1-6,9H,7H2. The molecule has 0 fully saturated rings. The predicted molar refractivity (Wildman–Crippen MR) is 65.7 cm³/mol. The highest BCUT2D eigenvalue weighted by atomic mass is 19.4. The van der Waals surface area contributed by atoms with E-state index in [0.29, 0.717) is 17.0 Å².